The van der Waals surface area contributed by atoms with Crippen molar-refractivity contribution in [1.82, 2.24) is 0 Å². The molecule has 0 heterocycles. The summed E-state index contributed by atoms with van der Waals surface area (Å²) >= 11 is 5.86. The average molecular weight is 271 g/mol. The molecule has 0 saturated heterocycles. The highest BCUT2D eigenvalue weighted by molar-refractivity contribution is 6.32. The zero-order valence-corrected chi connectivity index (χ0v) is 10.8. The van der Waals surface area contributed by atoms with Gasteiger partial charge in [-0.1, -0.05) is 41.9 Å². The predicted molar refractivity (Wildman–Crippen MR) is 75.6 cm³/mol. The molecule has 3 rings (SSSR count). The van der Waals surface area contributed by atoms with E-state index in [2.05, 4.69) is 0 Å². The molecule has 19 heavy (non-hydrogen) atoms. The lowest BCUT2D eigenvalue weighted by Gasteiger charge is -2.00. The molecular weight excluding hydrogens is 260 g/mol. The quantitative estimate of drug-likeness (QED) is 0.799. The van der Waals surface area contributed by atoms with E-state index in [1.54, 1.807) is 12.1 Å². The van der Waals surface area contributed by atoms with Crippen LogP contribution in [0.15, 0.2) is 48.0 Å². The number of rotatable bonds is 1. The van der Waals surface area contributed by atoms with Gasteiger partial charge in [0.2, 0.25) is 0 Å². The summed E-state index contributed by atoms with van der Waals surface area (Å²) in [6.45, 7) is 0. The second-order valence-electron chi connectivity index (χ2n) is 4.54. The molecule has 2 aromatic carbocycles. The zero-order valence-electron chi connectivity index (χ0n) is 10.1. The van der Waals surface area contributed by atoms with E-state index in [0.29, 0.717) is 6.42 Å². The molecule has 1 aliphatic carbocycles. The number of phenolic OH excluding ortho intramolecular Hbond substituents is 1. The molecule has 2 nitrogen and oxygen atoms in total. The van der Waals surface area contributed by atoms with Crippen LogP contribution in [-0.4, -0.2) is 10.9 Å². The maximum absolute atomic E-state index is 12.2. The predicted octanol–water partition coefficient (Wildman–Crippen LogP) is 3.87. The van der Waals surface area contributed by atoms with Gasteiger partial charge in [-0.05, 0) is 29.3 Å². The van der Waals surface area contributed by atoms with E-state index < -0.39 is 0 Å². The van der Waals surface area contributed by atoms with Crippen molar-refractivity contribution in [1.29, 1.82) is 0 Å². The Balaban J connectivity index is 1.98. The lowest BCUT2D eigenvalue weighted by molar-refractivity contribution is 0.104. The Hall–Kier alpha value is -2.06. The third-order valence-electron chi connectivity index (χ3n) is 3.25. The molecule has 0 amide bonds. The number of phenols is 1. The van der Waals surface area contributed by atoms with Gasteiger partial charge in [0.25, 0.3) is 0 Å². The molecule has 1 N–H and O–H groups in total. The van der Waals surface area contributed by atoms with Gasteiger partial charge in [0.15, 0.2) is 5.78 Å². The molecule has 0 unspecified atom stereocenters. The number of hydrogen-bond donors (Lipinski definition) is 1. The maximum atomic E-state index is 12.2. The Bertz CT molecular complexity index is 702. The Kier molecular flexibility index (Phi) is 2.88. The summed E-state index contributed by atoms with van der Waals surface area (Å²) in [7, 11) is 0. The SMILES string of the molecule is O=C1C(=Cc2ccc(O)c(Cl)c2)Cc2ccccc21. The van der Waals surface area contributed by atoms with Gasteiger partial charge in [0.05, 0.1) is 5.02 Å². The second kappa shape index (κ2) is 4.56. The number of ketones is 1. The van der Waals surface area contributed by atoms with Crippen molar-refractivity contribution in [3.63, 3.8) is 0 Å². The number of aromatic hydroxyl groups is 1. The highest BCUT2D eigenvalue weighted by Gasteiger charge is 2.23. The molecular formula is C16H11ClO2. The summed E-state index contributed by atoms with van der Waals surface area (Å²) in [5.41, 5.74) is 3.41. The van der Waals surface area contributed by atoms with Gasteiger partial charge in [0.1, 0.15) is 5.75 Å². The molecule has 0 aliphatic heterocycles. The number of Topliss-reactive ketones (excluding diaryl/α,β-unsaturated/α-hetero) is 1. The minimum atomic E-state index is 0.0462. The third kappa shape index (κ3) is 2.15. The molecule has 0 atom stereocenters. The number of allylic oxidation sites excluding steroid dienone is 1. The van der Waals surface area contributed by atoms with Gasteiger partial charge in [-0.25, -0.2) is 0 Å². The Morgan fingerprint density at radius 2 is 1.95 bits per heavy atom. The summed E-state index contributed by atoms with van der Waals surface area (Å²) in [6, 6.07) is 12.6. The maximum Gasteiger partial charge on any atom is 0.189 e. The van der Waals surface area contributed by atoms with E-state index in [9.17, 15) is 9.90 Å². The number of fused-ring (bicyclic) bond motifs is 1. The van der Waals surface area contributed by atoms with Crippen LogP contribution in [0.25, 0.3) is 6.08 Å². The summed E-state index contributed by atoms with van der Waals surface area (Å²) in [4.78, 5) is 12.2. The van der Waals surface area contributed by atoms with Gasteiger partial charge in [-0.3, -0.25) is 4.79 Å². The Morgan fingerprint density at radius 3 is 2.68 bits per heavy atom. The van der Waals surface area contributed by atoms with Crippen LogP contribution in [0, 0.1) is 0 Å². The van der Waals surface area contributed by atoms with Crippen molar-refractivity contribution in [2.24, 2.45) is 0 Å². The minimum absolute atomic E-state index is 0.0462. The Morgan fingerprint density at radius 1 is 1.16 bits per heavy atom. The highest BCUT2D eigenvalue weighted by atomic mass is 35.5. The molecule has 1 aliphatic rings. The van der Waals surface area contributed by atoms with Crippen molar-refractivity contribution >= 4 is 23.5 Å². The van der Waals surface area contributed by atoms with Gasteiger partial charge >= 0.3 is 0 Å². The highest BCUT2D eigenvalue weighted by Crippen LogP contribution is 2.29. The van der Waals surface area contributed by atoms with Crippen molar-refractivity contribution in [2.75, 3.05) is 0 Å². The molecule has 0 saturated carbocycles. The molecule has 0 radical (unpaired) electrons. The van der Waals surface area contributed by atoms with Crippen LogP contribution < -0.4 is 0 Å². The fourth-order valence-corrected chi connectivity index (χ4v) is 2.47. The topological polar surface area (TPSA) is 37.3 Å². The number of halogens is 1. The average Bonchev–Trinajstić information content (AvgIpc) is 2.72. The van der Waals surface area contributed by atoms with Crippen LogP contribution in [0.1, 0.15) is 21.5 Å². The summed E-state index contributed by atoms with van der Waals surface area (Å²) in [5.74, 6) is 0.115. The number of carbonyl (C=O) groups excluding carboxylic acids is 1. The van der Waals surface area contributed by atoms with E-state index in [1.165, 1.54) is 6.07 Å². The van der Waals surface area contributed by atoms with E-state index in [4.69, 9.17) is 11.6 Å². The fraction of sp³-hybridized carbons (Fsp3) is 0.0625. The van der Waals surface area contributed by atoms with Gasteiger partial charge < -0.3 is 5.11 Å². The van der Waals surface area contributed by atoms with Gasteiger partial charge in [0, 0.05) is 17.6 Å². The molecule has 0 spiro atoms. The largest absolute Gasteiger partial charge is 0.506 e. The van der Waals surface area contributed by atoms with Crippen LogP contribution in [0.2, 0.25) is 5.02 Å². The monoisotopic (exact) mass is 270 g/mol. The van der Waals surface area contributed by atoms with E-state index >= 15 is 0 Å². The number of benzene rings is 2. The van der Waals surface area contributed by atoms with Gasteiger partial charge in [-0.15, -0.1) is 0 Å². The standard InChI is InChI=1S/C16H11ClO2/c17-14-8-10(5-6-15(14)18)7-12-9-11-3-1-2-4-13(11)16(12)19/h1-8,18H,9H2. The van der Waals surface area contributed by atoms with Crippen molar-refractivity contribution in [2.45, 2.75) is 6.42 Å². The summed E-state index contributed by atoms with van der Waals surface area (Å²) in [6.07, 6.45) is 2.47. The van der Waals surface area contributed by atoms with E-state index in [0.717, 1.165) is 22.3 Å². The van der Waals surface area contributed by atoms with Crippen LogP contribution in [-0.2, 0) is 6.42 Å². The first kappa shape index (κ1) is 12.0. The van der Waals surface area contributed by atoms with Crippen molar-refractivity contribution in [3.05, 3.63) is 69.8 Å². The van der Waals surface area contributed by atoms with Gasteiger partial charge in [-0.2, -0.15) is 0 Å². The first-order chi connectivity index (χ1) is 9.15. The molecule has 0 bridgehead atoms. The summed E-state index contributed by atoms with van der Waals surface area (Å²) < 4.78 is 0. The normalized spacial score (nSPS) is 15.8. The third-order valence-corrected chi connectivity index (χ3v) is 3.55. The van der Waals surface area contributed by atoms with Crippen LogP contribution in [0.3, 0.4) is 0 Å². The summed E-state index contributed by atoms with van der Waals surface area (Å²) in [5, 5.41) is 9.67. The van der Waals surface area contributed by atoms with Crippen LogP contribution in [0.4, 0.5) is 0 Å². The smallest absolute Gasteiger partial charge is 0.189 e. The lowest BCUT2D eigenvalue weighted by atomic mass is 10.1. The number of carbonyl (C=O) groups is 1. The molecule has 3 heteroatoms. The molecule has 2 aromatic rings. The lowest BCUT2D eigenvalue weighted by Crippen LogP contribution is -1.94. The first-order valence-electron chi connectivity index (χ1n) is 5.97. The van der Waals surface area contributed by atoms with Crippen LogP contribution in [0.5, 0.6) is 5.75 Å². The first-order valence-corrected chi connectivity index (χ1v) is 6.34. The minimum Gasteiger partial charge on any atom is -0.506 e. The zero-order chi connectivity index (χ0) is 13.4. The molecule has 94 valence electrons. The second-order valence-corrected chi connectivity index (χ2v) is 4.95. The molecule has 0 aromatic heterocycles. The Labute approximate surface area is 116 Å². The molecule has 0 fully saturated rings. The van der Waals surface area contributed by atoms with Crippen LogP contribution >= 0.6 is 11.6 Å². The van der Waals surface area contributed by atoms with Crippen molar-refractivity contribution < 1.29 is 9.90 Å². The fourth-order valence-electron chi connectivity index (χ4n) is 2.29. The van der Waals surface area contributed by atoms with E-state index in [1.807, 2.05) is 30.3 Å². The van der Waals surface area contributed by atoms with E-state index in [-0.39, 0.29) is 16.6 Å². The number of hydrogen-bond acceptors (Lipinski definition) is 2. The van der Waals surface area contributed by atoms with Crippen molar-refractivity contribution in [3.8, 4) is 5.75 Å².